The van der Waals surface area contributed by atoms with Gasteiger partial charge in [-0.15, -0.1) is 0 Å². The minimum atomic E-state index is 0.556. The fourth-order valence-corrected chi connectivity index (χ4v) is 2.30. The molecule has 0 bridgehead atoms. The second kappa shape index (κ2) is 4.35. The molecule has 1 aromatic rings. The molecule has 1 aliphatic carbocycles. The minimum Gasteiger partial charge on any atom is -0.326 e. The van der Waals surface area contributed by atoms with E-state index in [1.807, 2.05) is 6.20 Å². The van der Waals surface area contributed by atoms with E-state index in [1.54, 1.807) is 0 Å². The number of nitrogens with two attached hydrogens (primary N) is 1. The van der Waals surface area contributed by atoms with Gasteiger partial charge in [-0.1, -0.05) is 13.8 Å². The molecule has 0 radical (unpaired) electrons. The van der Waals surface area contributed by atoms with E-state index >= 15 is 0 Å². The van der Waals surface area contributed by atoms with E-state index in [1.165, 1.54) is 24.1 Å². The second-order valence-corrected chi connectivity index (χ2v) is 4.45. The Bertz CT molecular complexity index is 322. The van der Waals surface area contributed by atoms with Crippen molar-refractivity contribution in [3.8, 4) is 0 Å². The van der Waals surface area contributed by atoms with Crippen molar-refractivity contribution in [3.05, 3.63) is 17.5 Å². The molecular weight excluding hydrogens is 186 g/mol. The monoisotopic (exact) mass is 207 g/mol. The van der Waals surface area contributed by atoms with Crippen LogP contribution in [0.3, 0.4) is 0 Å². The van der Waals surface area contributed by atoms with Gasteiger partial charge in [0.1, 0.15) is 0 Å². The van der Waals surface area contributed by atoms with Crippen LogP contribution >= 0.6 is 0 Å². The smallest absolute Gasteiger partial charge is 0.0537 e. The summed E-state index contributed by atoms with van der Waals surface area (Å²) in [4.78, 5) is 0. The van der Waals surface area contributed by atoms with Crippen LogP contribution in [0.5, 0.6) is 0 Å². The van der Waals surface area contributed by atoms with Crippen LogP contribution in [0.4, 0.5) is 0 Å². The van der Waals surface area contributed by atoms with Crippen LogP contribution in [0, 0.1) is 0 Å². The van der Waals surface area contributed by atoms with Gasteiger partial charge >= 0.3 is 0 Å². The van der Waals surface area contributed by atoms with E-state index in [-0.39, 0.29) is 0 Å². The van der Waals surface area contributed by atoms with Crippen LogP contribution in [0.2, 0.25) is 0 Å². The Labute approximate surface area is 91.7 Å². The third-order valence-corrected chi connectivity index (χ3v) is 3.39. The summed E-state index contributed by atoms with van der Waals surface area (Å²) in [5.41, 5.74) is 8.44. The maximum absolute atomic E-state index is 5.76. The van der Waals surface area contributed by atoms with Crippen molar-refractivity contribution in [2.45, 2.75) is 58.0 Å². The van der Waals surface area contributed by atoms with Crippen molar-refractivity contribution in [1.82, 2.24) is 9.78 Å². The molecule has 1 aromatic heterocycles. The Morgan fingerprint density at radius 1 is 1.47 bits per heavy atom. The number of hydrogen-bond acceptors (Lipinski definition) is 2. The number of rotatable bonds is 5. The SMILES string of the molecule is CCC(CC)n1ncc(CN)c1C1CC1. The lowest BCUT2D eigenvalue weighted by Gasteiger charge is -2.17. The summed E-state index contributed by atoms with van der Waals surface area (Å²) < 4.78 is 2.24. The molecule has 0 aromatic carbocycles. The molecule has 15 heavy (non-hydrogen) atoms. The number of nitrogens with zero attached hydrogens (tertiary/aromatic N) is 2. The summed E-state index contributed by atoms with van der Waals surface area (Å²) in [5.74, 6) is 0.742. The zero-order valence-electron chi connectivity index (χ0n) is 9.74. The Balaban J connectivity index is 2.32. The van der Waals surface area contributed by atoms with Gasteiger partial charge in [-0.3, -0.25) is 4.68 Å². The molecule has 1 fully saturated rings. The first-order valence-electron chi connectivity index (χ1n) is 6.08. The fraction of sp³-hybridized carbons (Fsp3) is 0.750. The lowest BCUT2D eigenvalue weighted by molar-refractivity contribution is 0.414. The Morgan fingerprint density at radius 2 is 2.13 bits per heavy atom. The van der Waals surface area contributed by atoms with Crippen molar-refractivity contribution in [2.75, 3.05) is 0 Å². The third-order valence-electron chi connectivity index (χ3n) is 3.39. The maximum atomic E-state index is 5.76. The summed E-state index contributed by atoms with van der Waals surface area (Å²) in [6, 6.07) is 0.556. The quantitative estimate of drug-likeness (QED) is 0.806. The molecular formula is C12H21N3. The first-order chi connectivity index (χ1) is 7.31. The van der Waals surface area contributed by atoms with Gasteiger partial charge in [0.2, 0.25) is 0 Å². The molecule has 0 spiro atoms. The van der Waals surface area contributed by atoms with Gasteiger partial charge in [-0.2, -0.15) is 5.10 Å². The van der Waals surface area contributed by atoms with Crippen LogP contribution in [-0.2, 0) is 6.54 Å². The molecule has 84 valence electrons. The molecule has 2 rings (SSSR count). The van der Waals surface area contributed by atoms with Crippen molar-refractivity contribution in [1.29, 1.82) is 0 Å². The molecule has 0 saturated heterocycles. The second-order valence-electron chi connectivity index (χ2n) is 4.45. The van der Waals surface area contributed by atoms with Crippen molar-refractivity contribution in [3.63, 3.8) is 0 Å². The van der Waals surface area contributed by atoms with Crippen molar-refractivity contribution >= 4 is 0 Å². The van der Waals surface area contributed by atoms with Crippen LogP contribution in [0.1, 0.15) is 62.7 Å². The van der Waals surface area contributed by atoms with E-state index < -0.39 is 0 Å². The van der Waals surface area contributed by atoms with E-state index in [4.69, 9.17) is 5.73 Å². The molecule has 3 heteroatoms. The van der Waals surface area contributed by atoms with Gasteiger partial charge in [-0.25, -0.2) is 0 Å². The lowest BCUT2D eigenvalue weighted by atomic mass is 10.1. The summed E-state index contributed by atoms with van der Waals surface area (Å²) in [6.45, 7) is 5.09. The molecule has 0 aliphatic heterocycles. The van der Waals surface area contributed by atoms with Gasteiger partial charge in [0, 0.05) is 23.7 Å². The molecule has 0 atom stereocenters. The Kier molecular flexibility index (Phi) is 3.10. The number of aromatic nitrogens is 2. The van der Waals surface area contributed by atoms with E-state index in [9.17, 15) is 0 Å². The van der Waals surface area contributed by atoms with E-state index in [0.29, 0.717) is 12.6 Å². The highest BCUT2D eigenvalue weighted by Gasteiger charge is 2.31. The van der Waals surface area contributed by atoms with Crippen LogP contribution < -0.4 is 5.73 Å². The van der Waals surface area contributed by atoms with Gasteiger partial charge in [-0.05, 0) is 25.7 Å². The summed E-state index contributed by atoms with van der Waals surface area (Å²) in [7, 11) is 0. The minimum absolute atomic E-state index is 0.556. The molecule has 1 aliphatic rings. The van der Waals surface area contributed by atoms with Gasteiger partial charge in [0.05, 0.1) is 12.2 Å². The van der Waals surface area contributed by atoms with Gasteiger partial charge in [0.25, 0.3) is 0 Å². The van der Waals surface area contributed by atoms with Crippen LogP contribution in [0.15, 0.2) is 6.20 Å². The molecule has 0 unspecified atom stereocenters. The third kappa shape index (κ3) is 1.93. The normalized spacial score (nSPS) is 16.3. The zero-order valence-corrected chi connectivity index (χ0v) is 9.74. The van der Waals surface area contributed by atoms with E-state index in [0.717, 1.165) is 18.8 Å². The molecule has 1 heterocycles. The molecule has 2 N–H and O–H groups in total. The molecule has 0 amide bonds. The topological polar surface area (TPSA) is 43.8 Å². The van der Waals surface area contributed by atoms with Crippen LogP contribution in [0.25, 0.3) is 0 Å². The summed E-state index contributed by atoms with van der Waals surface area (Å²) in [6.07, 6.45) is 6.91. The Hall–Kier alpha value is -0.830. The van der Waals surface area contributed by atoms with Crippen LogP contribution in [-0.4, -0.2) is 9.78 Å². The summed E-state index contributed by atoms with van der Waals surface area (Å²) in [5, 5.41) is 4.53. The summed E-state index contributed by atoms with van der Waals surface area (Å²) >= 11 is 0. The molecule has 3 nitrogen and oxygen atoms in total. The number of hydrogen-bond donors (Lipinski definition) is 1. The van der Waals surface area contributed by atoms with Crippen molar-refractivity contribution in [2.24, 2.45) is 5.73 Å². The highest BCUT2D eigenvalue weighted by molar-refractivity contribution is 5.26. The highest BCUT2D eigenvalue weighted by Crippen LogP contribution is 2.42. The standard InChI is InChI=1S/C12H21N3/c1-3-11(4-2)15-12(9-5-6-9)10(7-13)8-14-15/h8-9,11H,3-7,13H2,1-2H3. The first kappa shape index (κ1) is 10.7. The maximum Gasteiger partial charge on any atom is 0.0537 e. The van der Waals surface area contributed by atoms with E-state index in [2.05, 4.69) is 23.6 Å². The predicted molar refractivity (Wildman–Crippen MR) is 61.7 cm³/mol. The van der Waals surface area contributed by atoms with Gasteiger partial charge < -0.3 is 5.73 Å². The largest absolute Gasteiger partial charge is 0.326 e. The average Bonchev–Trinajstić information content (AvgIpc) is 3.01. The predicted octanol–water partition coefficient (Wildman–Crippen LogP) is 2.58. The average molecular weight is 207 g/mol. The van der Waals surface area contributed by atoms with Gasteiger partial charge in [0.15, 0.2) is 0 Å². The zero-order chi connectivity index (χ0) is 10.8. The Morgan fingerprint density at radius 3 is 2.60 bits per heavy atom. The van der Waals surface area contributed by atoms with Crippen molar-refractivity contribution < 1.29 is 0 Å². The fourth-order valence-electron chi connectivity index (χ4n) is 2.30. The first-order valence-corrected chi connectivity index (χ1v) is 6.08. The lowest BCUT2D eigenvalue weighted by Crippen LogP contribution is -2.13. The molecule has 1 saturated carbocycles. The highest BCUT2D eigenvalue weighted by atomic mass is 15.3.